The molecule has 4 aliphatic rings. The van der Waals surface area contributed by atoms with Crippen LogP contribution in [0.3, 0.4) is 0 Å². The van der Waals surface area contributed by atoms with Gasteiger partial charge in [-0.15, -0.1) is 0 Å². The van der Waals surface area contributed by atoms with Crippen molar-refractivity contribution in [3.05, 3.63) is 0 Å². The predicted molar refractivity (Wildman–Crippen MR) is 113 cm³/mol. The van der Waals surface area contributed by atoms with E-state index in [9.17, 15) is 14.4 Å². The fraction of sp³-hybridized carbons (Fsp3) is 0.880. The number of fused-ring (bicyclic) bond motifs is 5. The number of carbonyl (C=O) groups excluding carboxylic acids is 2. The maximum absolute atomic E-state index is 12.3. The first kappa shape index (κ1) is 21.8. The molecular formula is C25H38O5. The predicted octanol–water partition coefficient (Wildman–Crippen LogP) is 5.01. The van der Waals surface area contributed by atoms with Crippen LogP contribution in [-0.4, -0.2) is 28.9 Å². The van der Waals surface area contributed by atoms with Crippen LogP contribution < -0.4 is 0 Å². The SMILES string of the molecule is CC(=O)[C@@H]1CC[C@@H]2[C@H]3CC[C@H]4C[C@H](OC(=O)CCC(=O)O)CC[C@]4(C)[C@@H]3CC[C@]21C. The lowest BCUT2D eigenvalue weighted by Gasteiger charge is -2.61. The summed E-state index contributed by atoms with van der Waals surface area (Å²) in [5.41, 5.74) is 0.510. The van der Waals surface area contributed by atoms with Crippen LogP contribution in [0, 0.1) is 40.4 Å². The van der Waals surface area contributed by atoms with E-state index in [0.717, 1.165) is 37.5 Å². The number of ketones is 1. The van der Waals surface area contributed by atoms with E-state index in [1.807, 2.05) is 0 Å². The van der Waals surface area contributed by atoms with Crippen molar-refractivity contribution in [3.8, 4) is 0 Å². The van der Waals surface area contributed by atoms with Crippen LogP contribution in [0.4, 0.5) is 0 Å². The molecule has 0 radical (unpaired) electrons. The van der Waals surface area contributed by atoms with Gasteiger partial charge in [0.25, 0.3) is 0 Å². The molecule has 0 bridgehead atoms. The molecule has 168 valence electrons. The van der Waals surface area contributed by atoms with Gasteiger partial charge in [0.05, 0.1) is 12.8 Å². The second-order valence-electron chi connectivity index (χ2n) is 11.2. The lowest BCUT2D eigenvalue weighted by Crippen LogP contribution is -2.54. The van der Waals surface area contributed by atoms with Crippen LogP contribution in [-0.2, 0) is 19.1 Å². The molecule has 4 saturated carbocycles. The minimum absolute atomic E-state index is 0.0317. The van der Waals surface area contributed by atoms with Gasteiger partial charge in [-0.25, -0.2) is 0 Å². The number of ether oxygens (including phenoxy) is 1. The maximum Gasteiger partial charge on any atom is 0.306 e. The Hall–Kier alpha value is -1.39. The number of carboxylic acid groups (broad SMARTS) is 1. The van der Waals surface area contributed by atoms with Crippen LogP contribution in [0.25, 0.3) is 0 Å². The van der Waals surface area contributed by atoms with E-state index in [1.54, 1.807) is 6.92 Å². The highest BCUT2D eigenvalue weighted by Gasteiger charge is 2.60. The first-order valence-electron chi connectivity index (χ1n) is 12.1. The zero-order valence-corrected chi connectivity index (χ0v) is 18.8. The number of aliphatic carboxylic acids is 1. The van der Waals surface area contributed by atoms with Gasteiger partial charge in [0, 0.05) is 5.92 Å². The average Bonchev–Trinajstić information content (AvgIpc) is 3.04. The van der Waals surface area contributed by atoms with Crippen molar-refractivity contribution in [2.45, 2.75) is 97.5 Å². The first-order chi connectivity index (χ1) is 14.1. The second-order valence-corrected chi connectivity index (χ2v) is 11.2. The Bertz CT molecular complexity index is 716. The second kappa shape index (κ2) is 7.94. The summed E-state index contributed by atoms with van der Waals surface area (Å²) >= 11 is 0. The summed E-state index contributed by atoms with van der Waals surface area (Å²) in [6.07, 6.45) is 9.82. The zero-order chi connectivity index (χ0) is 21.7. The van der Waals surface area contributed by atoms with Crippen LogP contribution >= 0.6 is 0 Å². The molecule has 30 heavy (non-hydrogen) atoms. The van der Waals surface area contributed by atoms with Gasteiger partial charge < -0.3 is 9.84 Å². The van der Waals surface area contributed by atoms with E-state index in [-0.39, 0.29) is 36.2 Å². The number of rotatable bonds is 5. The van der Waals surface area contributed by atoms with Crippen LogP contribution in [0.1, 0.15) is 91.4 Å². The smallest absolute Gasteiger partial charge is 0.306 e. The largest absolute Gasteiger partial charge is 0.481 e. The van der Waals surface area contributed by atoms with Crippen LogP contribution in [0.2, 0.25) is 0 Å². The molecular weight excluding hydrogens is 380 g/mol. The Labute approximate surface area is 180 Å². The Morgan fingerprint density at radius 2 is 1.60 bits per heavy atom. The van der Waals surface area contributed by atoms with Gasteiger partial charge >= 0.3 is 11.9 Å². The zero-order valence-electron chi connectivity index (χ0n) is 18.8. The van der Waals surface area contributed by atoms with E-state index < -0.39 is 5.97 Å². The van der Waals surface area contributed by atoms with Crippen molar-refractivity contribution in [1.82, 2.24) is 0 Å². The van der Waals surface area contributed by atoms with Crippen molar-refractivity contribution in [3.63, 3.8) is 0 Å². The third-order valence-corrected chi connectivity index (χ3v) is 9.95. The molecule has 4 fully saturated rings. The third-order valence-electron chi connectivity index (χ3n) is 9.95. The number of carboxylic acids is 1. The van der Waals surface area contributed by atoms with E-state index in [1.165, 1.54) is 32.1 Å². The number of hydrogen-bond donors (Lipinski definition) is 1. The molecule has 0 aliphatic heterocycles. The summed E-state index contributed by atoms with van der Waals surface area (Å²) < 4.78 is 5.66. The first-order valence-corrected chi connectivity index (χ1v) is 12.1. The molecule has 0 saturated heterocycles. The summed E-state index contributed by atoms with van der Waals surface area (Å²) in [5, 5.41) is 8.77. The van der Waals surface area contributed by atoms with Crippen molar-refractivity contribution in [1.29, 1.82) is 0 Å². The Balaban J connectivity index is 1.42. The molecule has 1 N–H and O–H groups in total. The summed E-state index contributed by atoms with van der Waals surface area (Å²) in [4.78, 5) is 35.0. The van der Waals surface area contributed by atoms with E-state index >= 15 is 0 Å². The van der Waals surface area contributed by atoms with Crippen LogP contribution in [0.15, 0.2) is 0 Å². The number of esters is 1. The topological polar surface area (TPSA) is 80.7 Å². The standard InChI is InChI=1S/C25H38O5/c1-15(26)19-6-7-20-18-5-4-16-14-17(30-23(29)9-8-22(27)28)10-12-24(16,2)21(18)11-13-25(19,20)3/h16-21H,4-14H2,1-3H3,(H,27,28)/t16-,17+,18+,19-,20+,21+,24-,25-/m0/s1. The molecule has 4 aliphatic carbocycles. The molecule has 4 rings (SSSR count). The monoisotopic (exact) mass is 418 g/mol. The van der Waals surface area contributed by atoms with Gasteiger partial charge in [0.15, 0.2) is 0 Å². The highest BCUT2D eigenvalue weighted by Crippen LogP contribution is 2.67. The van der Waals surface area contributed by atoms with Crippen LogP contribution in [0.5, 0.6) is 0 Å². The quantitative estimate of drug-likeness (QED) is 0.635. The molecule has 0 aromatic carbocycles. The van der Waals surface area contributed by atoms with Crippen molar-refractivity contribution in [2.24, 2.45) is 40.4 Å². The van der Waals surface area contributed by atoms with E-state index in [0.29, 0.717) is 23.0 Å². The highest BCUT2D eigenvalue weighted by atomic mass is 16.5. The lowest BCUT2D eigenvalue weighted by molar-refractivity contribution is -0.164. The molecule has 0 spiro atoms. The molecule has 0 unspecified atom stereocenters. The average molecular weight is 419 g/mol. The Kier molecular flexibility index (Phi) is 5.78. The molecule has 0 amide bonds. The van der Waals surface area contributed by atoms with E-state index in [2.05, 4.69) is 13.8 Å². The van der Waals surface area contributed by atoms with Gasteiger partial charge in [-0.1, -0.05) is 13.8 Å². The van der Waals surface area contributed by atoms with Gasteiger partial charge in [0.1, 0.15) is 11.9 Å². The lowest BCUT2D eigenvalue weighted by atomic mass is 9.44. The van der Waals surface area contributed by atoms with Gasteiger partial charge in [-0.3, -0.25) is 14.4 Å². The van der Waals surface area contributed by atoms with Gasteiger partial charge in [0.2, 0.25) is 0 Å². The van der Waals surface area contributed by atoms with Gasteiger partial charge in [-0.05, 0) is 99.2 Å². The maximum atomic E-state index is 12.3. The molecule has 8 atom stereocenters. The third kappa shape index (κ3) is 3.60. The summed E-state index contributed by atoms with van der Waals surface area (Å²) in [6, 6.07) is 0. The van der Waals surface area contributed by atoms with Gasteiger partial charge in [-0.2, -0.15) is 0 Å². The van der Waals surface area contributed by atoms with Crippen molar-refractivity contribution in [2.75, 3.05) is 0 Å². The highest BCUT2D eigenvalue weighted by molar-refractivity contribution is 5.79. The Morgan fingerprint density at radius 3 is 2.30 bits per heavy atom. The summed E-state index contributed by atoms with van der Waals surface area (Å²) in [6.45, 7) is 6.67. The van der Waals surface area contributed by atoms with Crippen molar-refractivity contribution >= 4 is 17.7 Å². The van der Waals surface area contributed by atoms with E-state index in [4.69, 9.17) is 9.84 Å². The minimum Gasteiger partial charge on any atom is -0.481 e. The minimum atomic E-state index is -0.954. The molecule has 0 heterocycles. The normalized spacial score (nSPS) is 45.0. The number of carbonyl (C=O) groups is 3. The fourth-order valence-electron chi connectivity index (χ4n) is 8.45. The van der Waals surface area contributed by atoms with Crippen molar-refractivity contribution < 1.29 is 24.2 Å². The molecule has 5 heteroatoms. The number of Topliss-reactive ketones (excluding diaryl/α,β-unsaturated/α-hetero) is 1. The molecule has 0 aromatic rings. The summed E-state index contributed by atoms with van der Waals surface area (Å²) in [7, 11) is 0. The summed E-state index contributed by atoms with van der Waals surface area (Å²) in [5.74, 6) is 2.07. The molecule has 5 nitrogen and oxygen atoms in total. The Morgan fingerprint density at radius 1 is 0.900 bits per heavy atom. The number of hydrogen-bond acceptors (Lipinski definition) is 4. The molecule has 0 aromatic heterocycles. The fourth-order valence-corrected chi connectivity index (χ4v) is 8.45.